The van der Waals surface area contributed by atoms with Gasteiger partial charge in [0.1, 0.15) is 5.69 Å². The summed E-state index contributed by atoms with van der Waals surface area (Å²) in [5, 5.41) is 9.95. The average molecular weight is 396 g/mol. The van der Waals surface area contributed by atoms with E-state index in [4.69, 9.17) is 0 Å². The SMILES string of the molecule is CCCc1c(C(=O)N2CCC(C(=O)O)(c3ccccc3)CC2)[nH]c(C)c1C(C)=O. The molecule has 0 unspecified atom stereocenters. The zero-order valence-electron chi connectivity index (χ0n) is 17.2. The van der Waals surface area contributed by atoms with Crippen LogP contribution in [0.4, 0.5) is 0 Å². The molecule has 0 bridgehead atoms. The van der Waals surface area contributed by atoms with Crippen LogP contribution in [0.2, 0.25) is 0 Å². The number of carbonyl (C=O) groups excluding carboxylic acids is 2. The minimum Gasteiger partial charge on any atom is -0.481 e. The van der Waals surface area contributed by atoms with Crippen molar-refractivity contribution in [3.8, 4) is 0 Å². The molecule has 1 aromatic heterocycles. The summed E-state index contributed by atoms with van der Waals surface area (Å²) >= 11 is 0. The Morgan fingerprint density at radius 3 is 2.28 bits per heavy atom. The van der Waals surface area contributed by atoms with Crippen LogP contribution in [0.25, 0.3) is 0 Å². The summed E-state index contributed by atoms with van der Waals surface area (Å²) in [5.74, 6) is -1.05. The zero-order valence-corrected chi connectivity index (χ0v) is 17.2. The highest BCUT2D eigenvalue weighted by Crippen LogP contribution is 2.36. The second-order valence-electron chi connectivity index (χ2n) is 7.83. The average Bonchev–Trinajstić information content (AvgIpc) is 3.04. The number of amides is 1. The number of Topliss-reactive ketones (excluding diaryl/α,β-unsaturated/α-hetero) is 1. The lowest BCUT2D eigenvalue weighted by molar-refractivity contribution is -0.145. The van der Waals surface area contributed by atoms with Crippen LogP contribution in [0.3, 0.4) is 0 Å². The van der Waals surface area contributed by atoms with E-state index in [-0.39, 0.29) is 11.7 Å². The molecule has 2 N–H and O–H groups in total. The van der Waals surface area contributed by atoms with Gasteiger partial charge in [0.15, 0.2) is 5.78 Å². The number of carbonyl (C=O) groups is 3. The number of carboxylic acid groups (broad SMARTS) is 1. The molecule has 1 aliphatic rings. The Morgan fingerprint density at radius 1 is 1.14 bits per heavy atom. The van der Waals surface area contributed by atoms with Gasteiger partial charge in [-0.2, -0.15) is 0 Å². The van der Waals surface area contributed by atoms with Crippen molar-refractivity contribution >= 4 is 17.7 Å². The zero-order chi connectivity index (χ0) is 21.2. The molecule has 2 aromatic rings. The maximum absolute atomic E-state index is 13.2. The molecule has 1 saturated heterocycles. The standard InChI is InChI=1S/C23H28N2O4/c1-4-8-18-19(16(3)26)15(2)24-20(18)21(27)25-13-11-23(12-14-25,22(28)29)17-9-6-5-7-10-17/h5-7,9-10,24H,4,8,11-14H2,1-3H3,(H,28,29). The number of likely N-dealkylation sites (tertiary alicyclic amines) is 1. The molecule has 2 heterocycles. The van der Waals surface area contributed by atoms with Crippen molar-refractivity contribution in [3.63, 3.8) is 0 Å². The molecule has 154 valence electrons. The third kappa shape index (κ3) is 3.71. The number of aliphatic carboxylic acids is 1. The molecule has 1 aromatic carbocycles. The molecule has 0 saturated carbocycles. The van der Waals surface area contributed by atoms with Crippen LogP contribution in [0.5, 0.6) is 0 Å². The van der Waals surface area contributed by atoms with Gasteiger partial charge >= 0.3 is 5.97 Å². The van der Waals surface area contributed by atoms with E-state index in [1.807, 2.05) is 44.2 Å². The molecule has 6 nitrogen and oxygen atoms in total. The molecule has 29 heavy (non-hydrogen) atoms. The molecule has 1 aliphatic heterocycles. The highest BCUT2D eigenvalue weighted by Gasteiger charge is 2.44. The number of carboxylic acids is 1. The quantitative estimate of drug-likeness (QED) is 0.728. The van der Waals surface area contributed by atoms with Crippen molar-refractivity contribution in [2.45, 2.75) is 51.9 Å². The van der Waals surface area contributed by atoms with Gasteiger partial charge in [-0.15, -0.1) is 0 Å². The Hall–Kier alpha value is -2.89. The fourth-order valence-corrected chi connectivity index (χ4v) is 4.47. The topological polar surface area (TPSA) is 90.5 Å². The van der Waals surface area contributed by atoms with Gasteiger partial charge in [-0.25, -0.2) is 0 Å². The van der Waals surface area contributed by atoms with Crippen molar-refractivity contribution in [2.75, 3.05) is 13.1 Å². The van der Waals surface area contributed by atoms with Gasteiger partial charge in [0, 0.05) is 24.3 Å². The lowest BCUT2D eigenvalue weighted by Gasteiger charge is -2.39. The van der Waals surface area contributed by atoms with Crippen molar-refractivity contribution in [2.24, 2.45) is 0 Å². The normalized spacial score (nSPS) is 15.9. The van der Waals surface area contributed by atoms with Crippen LogP contribution >= 0.6 is 0 Å². The molecule has 1 fully saturated rings. The summed E-state index contributed by atoms with van der Waals surface area (Å²) in [6.45, 7) is 6.07. The van der Waals surface area contributed by atoms with Gasteiger partial charge < -0.3 is 15.0 Å². The van der Waals surface area contributed by atoms with Crippen molar-refractivity contribution < 1.29 is 19.5 Å². The number of aryl methyl sites for hydroxylation is 1. The third-order valence-electron chi connectivity index (χ3n) is 6.00. The molecule has 0 radical (unpaired) electrons. The van der Waals surface area contributed by atoms with Crippen LogP contribution in [0.1, 0.15) is 70.8 Å². The highest BCUT2D eigenvalue weighted by molar-refractivity contribution is 6.02. The van der Waals surface area contributed by atoms with E-state index in [9.17, 15) is 19.5 Å². The fourth-order valence-electron chi connectivity index (χ4n) is 4.47. The van der Waals surface area contributed by atoms with Crippen molar-refractivity contribution in [1.82, 2.24) is 9.88 Å². The largest absolute Gasteiger partial charge is 0.481 e. The highest BCUT2D eigenvalue weighted by atomic mass is 16.4. The van der Waals surface area contributed by atoms with E-state index < -0.39 is 11.4 Å². The maximum atomic E-state index is 13.2. The number of hydrogen-bond acceptors (Lipinski definition) is 3. The number of ketones is 1. The molecule has 3 rings (SSSR count). The Labute approximate surface area is 170 Å². The second kappa shape index (κ2) is 8.23. The van der Waals surface area contributed by atoms with E-state index in [1.54, 1.807) is 4.90 Å². The first-order valence-corrected chi connectivity index (χ1v) is 10.1. The number of piperidine rings is 1. The smallest absolute Gasteiger partial charge is 0.314 e. The number of hydrogen-bond donors (Lipinski definition) is 2. The summed E-state index contributed by atoms with van der Waals surface area (Å²) in [6.07, 6.45) is 2.20. The predicted molar refractivity (Wildman–Crippen MR) is 110 cm³/mol. The first-order valence-electron chi connectivity index (χ1n) is 10.1. The lowest BCUT2D eigenvalue weighted by Crippen LogP contribution is -2.49. The number of nitrogens with one attached hydrogen (secondary N) is 1. The Morgan fingerprint density at radius 2 is 1.76 bits per heavy atom. The summed E-state index contributed by atoms with van der Waals surface area (Å²) in [4.78, 5) is 42.3. The van der Waals surface area contributed by atoms with Crippen LogP contribution in [-0.2, 0) is 16.6 Å². The molecule has 0 spiro atoms. The Bertz CT molecular complexity index is 922. The molecule has 6 heteroatoms. The number of aromatic amines is 1. The fraction of sp³-hybridized carbons (Fsp3) is 0.435. The summed E-state index contributed by atoms with van der Waals surface area (Å²) < 4.78 is 0. The van der Waals surface area contributed by atoms with Gasteiger partial charge in [0.2, 0.25) is 0 Å². The van der Waals surface area contributed by atoms with Gasteiger partial charge in [0.05, 0.1) is 5.41 Å². The first-order chi connectivity index (χ1) is 13.8. The van der Waals surface area contributed by atoms with Crippen LogP contribution < -0.4 is 0 Å². The van der Waals surface area contributed by atoms with Gasteiger partial charge in [-0.05, 0) is 44.2 Å². The molecule has 0 atom stereocenters. The third-order valence-corrected chi connectivity index (χ3v) is 6.00. The lowest BCUT2D eigenvalue weighted by atomic mass is 9.73. The van der Waals surface area contributed by atoms with Crippen LogP contribution in [0.15, 0.2) is 30.3 Å². The molecular weight excluding hydrogens is 368 g/mol. The van der Waals surface area contributed by atoms with Crippen LogP contribution in [0, 0.1) is 6.92 Å². The summed E-state index contributed by atoms with van der Waals surface area (Å²) in [5.41, 5.74) is 2.38. The number of benzene rings is 1. The summed E-state index contributed by atoms with van der Waals surface area (Å²) in [6, 6.07) is 9.25. The number of nitrogens with zero attached hydrogens (tertiary/aromatic N) is 1. The van der Waals surface area contributed by atoms with E-state index in [2.05, 4.69) is 4.98 Å². The van der Waals surface area contributed by atoms with E-state index >= 15 is 0 Å². The van der Waals surface area contributed by atoms with Gasteiger partial charge in [-0.1, -0.05) is 43.7 Å². The van der Waals surface area contributed by atoms with E-state index in [1.165, 1.54) is 6.92 Å². The minimum absolute atomic E-state index is 0.0473. The van der Waals surface area contributed by atoms with E-state index in [0.717, 1.165) is 17.5 Å². The van der Waals surface area contributed by atoms with Crippen molar-refractivity contribution in [1.29, 1.82) is 0 Å². The monoisotopic (exact) mass is 396 g/mol. The Kier molecular flexibility index (Phi) is 5.91. The number of aromatic nitrogens is 1. The second-order valence-corrected chi connectivity index (χ2v) is 7.83. The Balaban J connectivity index is 1.86. The minimum atomic E-state index is -0.972. The molecule has 0 aliphatic carbocycles. The van der Waals surface area contributed by atoms with Crippen LogP contribution in [-0.4, -0.2) is 45.7 Å². The summed E-state index contributed by atoms with van der Waals surface area (Å²) in [7, 11) is 0. The predicted octanol–water partition coefficient (Wildman–Crippen LogP) is 3.74. The van der Waals surface area contributed by atoms with Gasteiger partial charge in [0.25, 0.3) is 5.91 Å². The van der Waals surface area contributed by atoms with Crippen molar-refractivity contribution in [3.05, 3.63) is 58.4 Å². The number of H-pyrrole nitrogens is 1. The van der Waals surface area contributed by atoms with Gasteiger partial charge in [-0.3, -0.25) is 14.4 Å². The molecule has 1 amide bonds. The van der Waals surface area contributed by atoms with E-state index in [0.29, 0.717) is 49.3 Å². The molecular formula is C23H28N2O4. The number of rotatable bonds is 6. The first kappa shape index (κ1) is 20.8. The maximum Gasteiger partial charge on any atom is 0.314 e.